The maximum atomic E-state index is 14.1. The number of fused-ring (bicyclic) bond motifs is 3. The molecule has 3 aliphatic rings. The minimum absolute atomic E-state index is 0.214. The van der Waals surface area contributed by atoms with Crippen molar-refractivity contribution in [2.24, 2.45) is 0 Å². The van der Waals surface area contributed by atoms with Crippen LogP contribution in [0, 0.1) is 5.82 Å². The molecule has 1 aromatic carbocycles. The van der Waals surface area contributed by atoms with E-state index in [2.05, 4.69) is 15.1 Å². The van der Waals surface area contributed by atoms with Crippen molar-refractivity contribution < 1.29 is 4.39 Å². The molecule has 2 atom stereocenters. The Balaban J connectivity index is 1.75. The number of halogens is 2. The van der Waals surface area contributed by atoms with Crippen LogP contribution in [0.15, 0.2) is 18.2 Å². The van der Waals surface area contributed by atoms with Crippen LogP contribution in [0.1, 0.15) is 5.56 Å². The number of rotatable bonds is 4. The standard InChI is InChI=1S/C15H21ClFN3/c1-18-13(9-11-3-2-4-12(16)15(11)17)14-10-19-5-7-20(14)8-6-19/h2-4,13-14,18H,5-10H2,1H3. The number of likely N-dealkylation sites (N-methyl/N-ethyl adjacent to an activating group) is 1. The van der Waals surface area contributed by atoms with E-state index in [1.54, 1.807) is 6.07 Å². The fraction of sp³-hybridized carbons (Fsp3) is 0.600. The van der Waals surface area contributed by atoms with Gasteiger partial charge in [-0.05, 0) is 25.1 Å². The van der Waals surface area contributed by atoms with E-state index in [0.717, 1.165) is 19.6 Å². The van der Waals surface area contributed by atoms with Gasteiger partial charge < -0.3 is 5.32 Å². The van der Waals surface area contributed by atoms with Gasteiger partial charge in [0.05, 0.1) is 5.02 Å². The highest BCUT2D eigenvalue weighted by Crippen LogP contribution is 2.23. The number of nitrogens with zero attached hydrogens (tertiary/aromatic N) is 2. The highest BCUT2D eigenvalue weighted by atomic mass is 35.5. The van der Waals surface area contributed by atoms with Crippen LogP contribution >= 0.6 is 11.6 Å². The second-order valence-electron chi connectivity index (χ2n) is 5.72. The number of nitrogens with one attached hydrogen (secondary N) is 1. The molecule has 0 aliphatic carbocycles. The van der Waals surface area contributed by atoms with E-state index in [9.17, 15) is 4.39 Å². The van der Waals surface area contributed by atoms with Gasteiger partial charge in [0.2, 0.25) is 0 Å². The quantitative estimate of drug-likeness (QED) is 0.911. The van der Waals surface area contributed by atoms with Crippen LogP contribution in [0.5, 0.6) is 0 Å². The topological polar surface area (TPSA) is 18.5 Å². The van der Waals surface area contributed by atoms with Gasteiger partial charge in [0.25, 0.3) is 0 Å². The van der Waals surface area contributed by atoms with Gasteiger partial charge >= 0.3 is 0 Å². The van der Waals surface area contributed by atoms with Gasteiger partial charge in [-0.2, -0.15) is 0 Å². The fourth-order valence-corrected chi connectivity index (χ4v) is 3.61. The summed E-state index contributed by atoms with van der Waals surface area (Å²) in [6.07, 6.45) is 0.678. The predicted octanol–water partition coefficient (Wildman–Crippen LogP) is 1.61. The van der Waals surface area contributed by atoms with Crippen molar-refractivity contribution in [3.8, 4) is 0 Å². The highest BCUT2D eigenvalue weighted by molar-refractivity contribution is 6.30. The molecule has 0 spiro atoms. The Bertz CT molecular complexity index is 474. The van der Waals surface area contributed by atoms with Crippen LogP contribution in [-0.2, 0) is 6.42 Å². The minimum Gasteiger partial charge on any atom is -0.315 e. The van der Waals surface area contributed by atoms with Crippen LogP contribution in [-0.4, -0.2) is 61.7 Å². The zero-order chi connectivity index (χ0) is 14.1. The SMILES string of the molecule is CNC(Cc1cccc(Cl)c1F)C1CN2CCN1CC2. The molecule has 5 heteroatoms. The Labute approximate surface area is 124 Å². The molecule has 2 bridgehead atoms. The van der Waals surface area contributed by atoms with Gasteiger partial charge in [-0.3, -0.25) is 9.80 Å². The molecule has 2 unspecified atom stereocenters. The fourth-order valence-electron chi connectivity index (χ4n) is 3.41. The van der Waals surface area contributed by atoms with Gasteiger partial charge in [-0.25, -0.2) is 4.39 Å². The third kappa shape index (κ3) is 2.70. The van der Waals surface area contributed by atoms with Crippen molar-refractivity contribution in [2.45, 2.75) is 18.5 Å². The summed E-state index contributed by atoms with van der Waals surface area (Å²) in [5.74, 6) is -0.273. The molecule has 0 saturated carbocycles. The van der Waals surface area contributed by atoms with Crippen LogP contribution in [0.2, 0.25) is 5.02 Å². The van der Waals surface area contributed by atoms with Gasteiger partial charge in [0.15, 0.2) is 0 Å². The van der Waals surface area contributed by atoms with E-state index in [0.29, 0.717) is 18.0 Å². The highest BCUT2D eigenvalue weighted by Gasteiger charge is 2.36. The maximum absolute atomic E-state index is 14.1. The van der Waals surface area contributed by atoms with Gasteiger partial charge in [0, 0.05) is 44.8 Å². The molecule has 4 rings (SSSR count). The minimum atomic E-state index is -0.273. The molecule has 3 heterocycles. The van der Waals surface area contributed by atoms with E-state index in [-0.39, 0.29) is 16.9 Å². The lowest BCUT2D eigenvalue weighted by Crippen LogP contribution is -2.66. The molecule has 0 aromatic heterocycles. The van der Waals surface area contributed by atoms with Crippen molar-refractivity contribution in [1.82, 2.24) is 15.1 Å². The normalized spacial score (nSPS) is 30.4. The molecule has 3 nitrogen and oxygen atoms in total. The van der Waals surface area contributed by atoms with Crippen molar-refractivity contribution in [3.05, 3.63) is 34.6 Å². The summed E-state index contributed by atoms with van der Waals surface area (Å²) in [4.78, 5) is 5.03. The summed E-state index contributed by atoms with van der Waals surface area (Å²) in [5, 5.41) is 3.59. The number of piperazine rings is 3. The van der Waals surface area contributed by atoms with Crippen molar-refractivity contribution in [3.63, 3.8) is 0 Å². The largest absolute Gasteiger partial charge is 0.315 e. The van der Waals surface area contributed by atoms with E-state index < -0.39 is 0 Å². The molecule has 3 aliphatic heterocycles. The van der Waals surface area contributed by atoms with Crippen LogP contribution in [0.4, 0.5) is 4.39 Å². The molecule has 1 aromatic rings. The monoisotopic (exact) mass is 297 g/mol. The lowest BCUT2D eigenvalue weighted by atomic mass is 9.94. The van der Waals surface area contributed by atoms with E-state index in [1.165, 1.54) is 13.1 Å². The molecule has 0 radical (unpaired) electrons. The Kier molecular flexibility index (Phi) is 4.26. The van der Waals surface area contributed by atoms with Crippen molar-refractivity contribution >= 4 is 11.6 Å². The molecule has 3 saturated heterocycles. The van der Waals surface area contributed by atoms with Crippen LogP contribution in [0.25, 0.3) is 0 Å². The Hall–Kier alpha value is -0.680. The average molecular weight is 298 g/mol. The maximum Gasteiger partial charge on any atom is 0.145 e. The summed E-state index contributed by atoms with van der Waals surface area (Å²) in [6.45, 7) is 5.66. The zero-order valence-corrected chi connectivity index (χ0v) is 12.5. The second kappa shape index (κ2) is 5.98. The molecule has 20 heavy (non-hydrogen) atoms. The summed E-state index contributed by atoms with van der Waals surface area (Å²) in [7, 11) is 1.96. The van der Waals surface area contributed by atoms with E-state index in [1.807, 2.05) is 19.2 Å². The smallest absolute Gasteiger partial charge is 0.145 e. The van der Waals surface area contributed by atoms with Gasteiger partial charge in [-0.1, -0.05) is 23.7 Å². The molecule has 3 fully saturated rings. The third-order valence-electron chi connectivity index (χ3n) is 4.63. The van der Waals surface area contributed by atoms with Crippen LogP contribution < -0.4 is 5.32 Å². The predicted molar refractivity (Wildman–Crippen MR) is 79.8 cm³/mol. The van der Waals surface area contributed by atoms with Crippen molar-refractivity contribution in [2.75, 3.05) is 39.8 Å². The molecule has 110 valence electrons. The number of hydrogen-bond donors (Lipinski definition) is 1. The first-order valence-electron chi connectivity index (χ1n) is 7.25. The van der Waals surface area contributed by atoms with Crippen molar-refractivity contribution in [1.29, 1.82) is 0 Å². The van der Waals surface area contributed by atoms with E-state index in [4.69, 9.17) is 11.6 Å². The molecular formula is C15H21ClFN3. The first kappa shape index (κ1) is 14.3. The average Bonchev–Trinajstić information content (AvgIpc) is 2.50. The van der Waals surface area contributed by atoms with Crippen LogP contribution in [0.3, 0.4) is 0 Å². The second-order valence-corrected chi connectivity index (χ2v) is 6.12. The Morgan fingerprint density at radius 3 is 2.70 bits per heavy atom. The third-order valence-corrected chi connectivity index (χ3v) is 4.92. The lowest BCUT2D eigenvalue weighted by Gasteiger charge is -2.50. The van der Waals surface area contributed by atoms with Gasteiger partial charge in [-0.15, -0.1) is 0 Å². The first-order valence-corrected chi connectivity index (χ1v) is 7.63. The molecular weight excluding hydrogens is 277 g/mol. The van der Waals surface area contributed by atoms with Gasteiger partial charge in [0.1, 0.15) is 5.82 Å². The Morgan fingerprint density at radius 1 is 1.35 bits per heavy atom. The summed E-state index contributed by atoms with van der Waals surface area (Å²) < 4.78 is 14.1. The molecule has 0 amide bonds. The summed E-state index contributed by atoms with van der Waals surface area (Å²) >= 11 is 5.88. The number of hydrogen-bond acceptors (Lipinski definition) is 3. The summed E-state index contributed by atoms with van der Waals surface area (Å²) in [5.41, 5.74) is 0.703. The zero-order valence-electron chi connectivity index (χ0n) is 11.8. The Morgan fingerprint density at radius 2 is 2.10 bits per heavy atom. The first-order chi connectivity index (χ1) is 9.69. The molecule has 1 N–H and O–H groups in total. The lowest BCUT2D eigenvalue weighted by molar-refractivity contribution is -0.00212. The summed E-state index contributed by atoms with van der Waals surface area (Å²) in [6, 6.07) is 5.98. The van der Waals surface area contributed by atoms with E-state index >= 15 is 0 Å². The number of benzene rings is 1.